The van der Waals surface area contributed by atoms with Crippen molar-refractivity contribution in [2.45, 2.75) is 49.3 Å². The van der Waals surface area contributed by atoms with E-state index in [0.29, 0.717) is 22.7 Å². The van der Waals surface area contributed by atoms with E-state index in [0.717, 1.165) is 36.9 Å². The van der Waals surface area contributed by atoms with Crippen LogP contribution in [0.5, 0.6) is 0 Å². The molecule has 1 unspecified atom stereocenters. The Hall–Kier alpha value is -2.39. The average Bonchev–Trinajstić information content (AvgIpc) is 2.67. The maximum absolute atomic E-state index is 13.0. The van der Waals surface area contributed by atoms with Gasteiger partial charge in [-0.3, -0.25) is 4.79 Å². The van der Waals surface area contributed by atoms with Gasteiger partial charge in [0.1, 0.15) is 16.9 Å². The number of nitrogens with one attached hydrogen (secondary N) is 1. The number of aromatic nitrogens is 1. The number of pyridine rings is 1. The number of fused-ring (bicyclic) bond motifs is 1. The first kappa shape index (κ1) is 18.4. The normalized spacial score (nSPS) is 14.2. The summed E-state index contributed by atoms with van der Waals surface area (Å²) in [5.74, 6) is -0.520. The lowest BCUT2D eigenvalue weighted by molar-refractivity contribution is -0.115. The third kappa shape index (κ3) is 4.23. The highest BCUT2D eigenvalue weighted by Crippen LogP contribution is 2.31. The Balaban J connectivity index is 1.78. The number of amides is 1. The number of carbonyl (C=O) groups is 1. The molecule has 0 saturated carbocycles. The molecule has 0 radical (unpaired) electrons. The number of nitrogens with zero attached hydrogens (tertiary/aromatic N) is 2. The van der Waals surface area contributed by atoms with Gasteiger partial charge in [-0.05, 0) is 68.0 Å². The van der Waals surface area contributed by atoms with Crippen LogP contribution >= 0.6 is 11.8 Å². The highest BCUT2D eigenvalue weighted by Gasteiger charge is 2.22. The maximum Gasteiger partial charge on any atom is 0.237 e. The SMILES string of the molecule is CCC(Sc1nc2c(cc1C#N)CCCC2)C(=O)Nc1ccc(F)cc1. The average molecular weight is 369 g/mol. The summed E-state index contributed by atoms with van der Waals surface area (Å²) < 4.78 is 13.0. The minimum Gasteiger partial charge on any atom is -0.325 e. The molecule has 134 valence electrons. The fourth-order valence-electron chi connectivity index (χ4n) is 3.00. The Kier molecular flexibility index (Phi) is 5.89. The molecule has 0 bridgehead atoms. The summed E-state index contributed by atoms with van der Waals surface area (Å²) in [6, 6.07) is 9.81. The third-order valence-electron chi connectivity index (χ3n) is 4.42. The summed E-state index contributed by atoms with van der Waals surface area (Å²) in [6.45, 7) is 1.92. The van der Waals surface area contributed by atoms with Crippen molar-refractivity contribution in [1.82, 2.24) is 4.98 Å². The molecule has 0 fully saturated rings. The molecule has 1 heterocycles. The Morgan fingerprint density at radius 3 is 2.77 bits per heavy atom. The zero-order chi connectivity index (χ0) is 18.5. The van der Waals surface area contributed by atoms with Gasteiger partial charge >= 0.3 is 0 Å². The lowest BCUT2D eigenvalue weighted by Gasteiger charge is -2.19. The molecule has 4 nitrogen and oxygen atoms in total. The van der Waals surface area contributed by atoms with Crippen LogP contribution in [0.1, 0.15) is 43.0 Å². The van der Waals surface area contributed by atoms with Crippen molar-refractivity contribution < 1.29 is 9.18 Å². The van der Waals surface area contributed by atoms with Crippen LogP contribution in [0.3, 0.4) is 0 Å². The van der Waals surface area contributed by atoms with Gasteiger partial charge in [0.15, 0.2) is 0 Å². The summed E-state index contributed by atoms with van der Waals surface area (Å²) in [4.78, 5) is 17.3. The number of hydrogen-bond donors (Lipinski definition) is 1. The number of thioether (sulfide) groups is 1. The fraction of sp³-hybridized carbons (Fsp3) is 0.350. The molecule has 6 heteroatoms. The van der Waals surface area contributed by atoms with Crippen molar-refractivity contribution in [2.24, 2.45) is 0 Å². The van der Waals surface area contributed by atoms with Gasteiger partial charge in [0.25, 0.3) is 0 Å². The summed E-state index contributed by atoms with van der Waals surface area (Å²) in [5.41, 5.74) is 3.28. The standard InChI is InChI=1S/C20H20FN3OS/c1-2-18(19(25)23-16-9-7-15(21)8-10-16)26-20-14(12-22)11-13-5-3-4-6-17(13)24-20/h7-11,18H,2-6H2,1H3,(H,23,25). The summed E-state index contributed by atoms with van der Waals surface area (Å²) in [6.07, 6.45) is 4.72. The smallest absolute Gasteiger partial charge is 0.237 e. The number of aryl methyl sites for hydroxylation is 2. The minimum absolute atomic E-state index is 0.174. The molecule has 1 aliphatic rings. The number of nitriles is 1. The molecule has 3 rings (SSSR count). The van der Waals surface area contributed by atoms with Crippen LogP contribution in [0.2, 0.25) is 0 Å². The first-order chi connectivity index (χ1) is 12.6. The monoisotopic (exact) mass is 369 g/mol. The van der Waals surface area contributed by atoms with Crippen molar-refractivity contribution >= 4 is 23.4 Å². The molecule has 26 heavy (non-hydrogen) atoms. The van der Waals surface area contributed by atoms with Gasteiger partial charge < -0.3 is 5.32 Å². The predicted octanol–water partition coefficient (Wildman–Crippen LogP) is 4.48. The van der Waals surface area contributed by atoms with Crippen LogP contribution in [0.15, 0.2) is 35.4 Å². The van der Waals surface area contributed by atoms with Crippen molar-refractivity contribution in [3.05, 3.63) is 53.0 Å². The zero-order valence-electron chi connectivity index (χ0n) is 14.6. The van der Waals surface area contributed by atoms with Gasteiger partial charge in [0, 0.05) is 11.4 Å². The number of rotatable bonds is 5. The molecule has 0 spiro atoms. The Morgan fingerprint density at radius 1 is 1.35 bits per heavy atom. The molecule has 0 aliphatic heterocycles. The second-order valence-corrected chi connectivity index (χ2v) is 7.47. The quantitative estimate of drug-likeness (QED) is 0.789. The molecule has 1 N–H and O–H groups in total. The van der Waals surface area contributed by atoms with Crippen molar-refractivity contribution in [2.75, 3.05) is 5.32 Å². The topological polar surface area (TPSA) is 65.8 Å². The molecular weight excluding hydrogens is 349 g/mol. The third-order valence-corrected chi connectivity index (χ3v) is 5.78. The second-order valence-electron chi connectivity index (χ2n) is 6.28. The molecule has 2 aromatic rings. The number of carbonyl (C=O) groups excluding carboxylic acids is 1. The van der Waals surface area contributed by atoms with E-state index in [1.807, 2.05) is 13.0 Å². The lowest BCUT2D eigenvalue weighted by atomic mass is 9.95. The van der Waals surface area contributed by atoms with Gasteiger partial charge in [0.05, 0.1) is 10.8 Å². The van der Waals surface area contributed by atoms with E-state index in [4.69, 9.17) is 0 Å². The van der Waals surface area contributed by atoms with Crippen molar-refractivity contribution in [1.29, 1.82) is 5.26 Å². The summed E-state index contributed by atoms with van der Waals surface area (Å²) >= 11 is 1.32. The molecule has 1 aromatic carbocycles. The first-order valence-electron chi connectivity index (χ1n) is 8.76. The summed E-state index contributed by atoms with van der Waals surface area (Å²) in [5, 5.41) is 12.5. The van der Waals surface area contributed by atoms with E-state index in [9.17, 15) is 14.4 Å². The van der Waals surface area contributed by atoms with Gasteiger partial charge in [0.2, 0.25) is 5.91 Å². The van der Waals surface area contributed by atoms with Gasteiger partial charge in [-0.2, -0.15) is 5.26 Å². The Morgan fingerprint density at radius 2 is 2.08 bits per heavy atom. The van der Waals surface area contributed by atoms with Crippen LogP contribution in [-0.2, 0) is 17.6 Å². The maximum atomic E-state index is 13.0. The van der Waals surface area contributed by atoms with E-state index < -0.39 is 0 Å². The second kappa shape index (κ2) is 8.33. The molecule has 1 atom stereocenters. The van der Waals surface area contributed by atoms with Crippen molar-refractivity contribution in [3.63, 3.8) is 0 Å². The van der Waals surface area contributed by atoms with Crippen molar-refractivity contribution in [3.8, 4) is 6.07 Å². The van der Waals surface area contributed by atoms with E-state index in [1.165, 1.54) is 36.0 Å². The molecule has 1 aromatic heterocycles. The Labute approximate surface area is 156 Å². The zero-order valence-corrected chi connectivity index (χ0v) is 15.4. The van der Waals surface area contributed by atoms with E-state index in [2.05, 4.69) is 16.4 Å². The molecule has 0 saturated heterocycles. The van der Waals surface area contributed by atoms with E-state index in [-0.39, 0.29) is 17.0 Å². The highest BCUT2D eigenvalue weighted by molar-refractivity contribution is 8.00. The molecule has 1 aliphatic carbocycles. The predicted molar refractivity (Wildman–Crippen MR) is 101 cm³/mol. The number of benzene rings is 1. The van der Waals surface area contributed by atoms with Crippen LogP contribution < -0.4 is 5.32 Å². The van der Waals surface area contributed by atoms with Crippen LogP contribution in [0.25, 0.3) is 0 Å². The number of halogens is 1. The van der Waals surface area contributed by atoms with Crippen LogP contribution in [0.4, 0.5) is 10.1 Å². The molecular formula is C20H20FN3OS. The largest absolute Gasteiger partial charge is 0.325 e. The van der Waals surface area contributed by atoms with Crippen LogP contribution in [0, 0.1) is 17.1 Å². The van der Waals surface area contributed by atoms with Gasteiger partial charge in [-0.15, -0.1) is 0 Å². The number of hydrogen-bond acceptors (Lipinski definition) is 4. The number of anilines is 1. The summed E-state index contributed by atoms with van der Waals surface area (Å²) in [7, 11) is 0. The lowest BCUT2D eigenvalue weighted by Crippen LogP contribution is -2.25. The fourth-order valence-corrected chi connectivity index (χ4v) is 3.99. The molecule has 1 amide bonds. The van der Waals surface area contributed by atoms with E-state index in [1.54, 1.807) is 0 Å². The highest BCUT2D eigenvalue weighted by atomic mass is 32.2. The Bertz CT molecular complexity index is 845. The minimum atomic E-state index is -0.374. The first-order valence-corrected chi connectivity index (χ1v) is 9.64. The van der Waals surface area contributed by atoms with Crippen LogP contribution in [-0.4, -0.2) is 16.1 Å². The van der Waals surface area contributed by atoms with Gasteiger partial charge in [-0.1, -0.05) is 18.7 Å². The van der Waals surface area contributed by atoms with Gasteiger partial charge in [-0.25, -0.2) is 9.37 Å². The van der Waals surface area contributed by atoms with E-state index >= 15 is 0 Å².